The Labute approximate surface area is 109 Å². The molecule has 0 amide bonds. The lowest BCUT2D eigenvalue weighted by Gasteiger charge is -2.09. The molecule has 0 radical (unpaired) electrons. The quantitative estimate of drug-likeness (QED) is 0.523. The van der Waals surface area contributed by atoms with Crippen molar-refractivity contribution in [2.75, 3.05) is 13.2 Å². The molecule has 0 N–H and O–H groups in total. The number of ether oxygens (including phenoxy) is 2. The SMILES string of the molecule is CCCOCCC(=O)c1ccc(OC(C)C)cc1. The molecule has 0 saturated carbocycles. The Balaban J connectivity index is 2.43. The third-order valence-corrected chi connectivity index (χ3v) is 2.37. The summed E-state index contributed by atoms with van der Waals surface area (Å²) in [4.78, 5) is 11.8. The van der Waals surface area contributed by atoms with Crippen LogP contribution in [-0.4, -0.2) is 25.1 Å². The van der Waals surface area contributed by atoms with Gasteiger partial charge in [-0.05, 0) is 44.5 Å². The Hall–Kier alpha value is -1.35. The molecule has 3 heteroatoms. The molecule has 0 unspecified atom stereocenters. The fourth-order valence-electron chi connectivity index (χ4n) is 1.55. The number of ketones is 1. The van der Waals surface area contributed by atoms with E-state index in [9.17, 15) is 4.79 Å². The first kappa shape index (κ1) is 14.7. The van der Waals surface area contributed by atoms with Gasteiger partial charge in [-0.2, -0.15) is 0 Å². The predicted octanol–water partition coefficient (Wildman–Crippen LogP) is 3.47. The van der Waals surface area contributed by atoms with E-state index in [4.69, 9.17) is 9.47 Å². The lowest BCUT2D eigenvalue weighted by atomic mass is 10.1. The normalized spacial score (nSPS) is 10.7. The summed E-state index contributed by atoms with van der Waals surface area (Å²) in [7, 11) is 0. The van der Waals surface area contributed by atoms with E-state index in [-0.39, 0.29) is 11.9 Å². The first-order chi connectivity index (χ1) is 8.63. The third kappa shape index (κ3) is 5.32. The number of Topliss-reactive ketones (excluding diaryl/α,β-unsaturated/α-hetero) is 1. The van der Waals surface area contributed by atoms with Gasteiger partial charge in [-0.15, -0.1) is 0 Å². The molecule has 0 aromatic heterocycles. The first-order valence-electron chi connectivity index (χ1n) is 6.51. The molecule has 100 valence electrons. The van der Waals surface area contributed by atoms with Crippen LogP contribution in [-0.2, 0) is 4.74 Å². The Bertz CT molecular complexity index is 355. The van der Waals surface area contributed by atoms with Gasteiger partial charge in [0.1, 0.15) is 5.75 Å². The maximum atomic E-state index is 11.8. The molecular formula is C15H22O3. The number of carbonyl (C=O) groups excluding carboxylic acids is 1. The van der Waals surface area contributed by atoms with E-state index in [1.54, 1.807) is 12.1 Å². The minimum Gasteiger partial charge on any atom is -0.491 e. The minimum absolute atomic E-state index is 0.113. The first-order valence-corrected chi connectivity index (χ1v) is 6.51. The molecule has 0 heterocycles. The van der Waals surface area contributed by atoms with Gasteiger partial charge in [0, 0.05) is 18.6 Å². The zero-order valence-corrected chi connectivity index (χ0v) is 11.4. The Morgan fingerprint density at radius 1 is 1.17 bits per heavy atom. The predicted molar refractivity (Wildman–Crippen MR) is 72.3 cm³/mol. The summed E-state index contributed by atoms with van der Waals surface area (Å²) in [6.07, 6.45) is 1.56. The number of benzene rings is 1. The van der Waals surface area contributed by atoms with Gasteiger partial charge in [0.15, 0.2) is 5.78 Å². The van der Waals surface area contributed by atoms with E-state index in [2.05, 4.69) is 6.92 Å². The average molecular weight is 250 g/mol. The maximum absolute atomic E-state index is 11.8. The molecular weight excluding hydrogens is 228 g/mol. The summed E-state index contributed by atoms with van der Waals surface area (Å²) in [5.41, 5.74) is 0.714. The zero-order valence-electron chi connectivity index (χ0n) is 11.4. The second kappa shape index (κ2) is 7.88. The van der Waals surface area contributed by atoms with E-state index >= 15 is 0 Å². The molecule has 0 aliphatic rings. The van der Waals surface area contributed by atoms with Crippen LogP contribution >= 0.6 is 0 Å². The summed E-state index contributed by atoms with van der Waals surface area (Å²) in [5.74, 6) is 0.908. The fraction of sp³-hybridized carbons (Fsp3) is 0.533. The van der Waals surface area contributed by atoms with Crippen LogP contribution in [0.25, 0.3) is 0 Å². The monoisotopic (exact) mass is 250 g/mol. The topological polar surface area (TPSA) is 35.5 Å². The van der Waals surface area contributed by atoms with Crippen molar-refractivity contribution >= 4 is 5.78 Å². The highest BCUT2D eigenvalue weighted by molar-refractivity contribution is 5.96. The van der Waals surface area contributed by atoms with Crippen molar-refractivity contribution in [3.05, 3.63) is 29.8 Å². The van der Waals surface area contributed by atoms with Gasteiger partial charge in [0.2, 0.25) is 0 Å². The van der Waals surface area contributed by atoms with Crippen molar-refractivity contribution in [2.24, 2.45) is 0 Å². The summed E-state index contributed by atoms with van der Waals surface area (Å²) >= 11 is 0. The van der Waals surface area contributed by atoms with Gasteiger partial charge in [0.05, 0.1) is 12.7 Å². The van der Waals surface area contributed by atoms with Crippen LogP contribution in [0.4, 0.5) is 0 Å². The van der Waals surface area contributed by atoms with Crippen LogP contribution in [0.5, 0.6) is 5.75 Å². The number of carbonyl (C=O) groups is 1. The van der Waals surface area contributed by atoms with Crippen molar-refractivity contribution in [3.8, 4) is 5.75 Å². The van der Waals surface area contributed by atoms with Crippen molar-refractivity contribution in [2.45, 2.75) is 39.7 Å². The van der Waals surface area contributed by atoms with Gasteiger partial charge >= 0.3 is 0 Å². The lowest BCUT2D eigenvalue weighted by Crippen LogP contribution is -2.07. The van der Waals surface area contributed by atoms with Crippen molar-refractivity contribution in [1.29, 1.82) is 0 Å². The van der Waals surface area contributed by atoms with Gasteiger partial charge in [0.25, 0.3) is 0 Å². The number of hydrogen-bond donors (Lipinski definition) is 0. The number of rotatable bonds is 8. The molecule has 0 saturated heterocycles. The van der Waals surface area contributed by atoms with Crippen molar-refractivity contribution in [3.63, 3.8) is 0 Å². The minimum atomic E-state index is 0.113. The van der Waals surface area contributed by atoms with Crippen LogP contribution in [0.15, 0.2) is 24.3 Å². The van der Waals surface area contributed by atoms with Crippen molar-refractivity contribution < 1.29 is 14.3 Å². The molecule has 0 fully saturated rings. The Morgan fingerprint density at radius 3 is 2.39 bits per heavy atom. The molecule has 0 aliphatic heterocycles. The second-order valence-electron chi connectivity index (χ2n) is 4.48. The van der Waals surface area contributed by atoms with Crippen LogP contribution in [0.3, 0.4) is 0 Å². The number of hydrogen-bond acceptors (Lipinski definition) is 3. The van der Waals surface area contributed by atoms with Crippen LogP contribution in [0.2, 0.25) is 0 Å². The highest BCUT2D eigenvalue weighted by Gasteiger charge is 2.06. The van der Waals surface area contributed by atoms with E-state index in [0.717, 1.165) is 12.2 Å². The standard InChI is InChI=1S/C15H22O3/c1-4-10-17-11-9-15(16)13-5-7-14(8-6-13)18-12(2)3/h5-8,12H,4,9-11H2,1-3H3. The highest BCUT2D eigenvalue weighted by Crippen LogP contribution is 2.14. The summed E-state index contributed by atoms with van der Waals surface area (Å²) in [5, 5.41) is 0. The van der Waals surface area contributed by atoms with Crippen LogP contribution < -0.4 is 4.74 Å². The fourth-order valence-corrected chi connectivity index (χ4v) is 1.55. The van der Waals surface area contributed by atoms with E-state index < -0.39 is 0 Å². The molecule has 0 spiro atoms. The molecule has 1 aromatic rings. The largest absolute Gasteiger partial charge is 0.491 e. The molecule has 3 nitrogen and oxygen atoms in total. The second-order valence-corrected chi connectivity index (χ2v) is 4.48. The van der Waals surface area contributed by atoms with Gasteiger partial charge in [-0.1, -0.05) is 6.92 Å². The van der Waals surface area contributed by atoms with Gasteiger partial charge in [-0.3, -0.25) is 4.79 Å². The smallest absolute Gasteiger partial charge is 0.165 e. The summed E-state index contributed by atoms with van der Waals surface area (Å²) in [6, 6.07) is 7.28. The Morgan fingerprint density at radius 2 is 1.83 bits per heavy atom. The van der Waals surface area contributed by atoms with E-state index in [1.807, 2.05) is 26.0 Å². The van der Waals surface area contributed by atoms with Crippen LogP contribution in [0, 0.1) is 0 Å². The lowest BCUT2D eigenvalue weighted by molar-refractivity contribution is 0.0879. The maximum Gasteiger partial charge on any atom is 0.165 e. The van der Waals surface area contributed by atoms with Crippen LogP contribution in [0.1, 0.15) is 44.0 Å². The third-order valence-electron chi connectivity index (χ3n) is 2.37. The van der Waals surface area contributed by atoms with E-state index in [1.165, 1.54) is 0 Å². The van der Waals surface area contributed by atoms with E-state index in [0.29, 0.717) is 25.2 Å². The summed E-state index contributed by atoms with van der Waals surface area (Å²) in [6.45, 7) is 7.22. The highest BCUT2D eigenvalue weighted by atomic mass is 16.5. The molecule has 18 heavy (non-hydrogen) atoms. The molecule has 0 bridgehead atoms. The van der Waals surface area contributed by atoms with Gasteiger partial charge < -0.3 is 9.47 Å². The molecule has 1 aromatic carbocycles. The molecule has 0 atom stereocenters. The molecule has 0 aliphatic carbocycles. The average Bonchev–Trinajstić information content (AvgIpc) is 2.34. The molecule has 1 rings (SSSR count). The summed E-state index contributed by atoms with van der Waals surface area (Å²) < 4.78 is 10.8. The van der Waals surface area contributed by atoms with Crippen molar-refractivity contribution in [1.82, 2.24) is 0 Å². The Kier molecular flexibility index (Phi) is 6.44. The van der Waals surface area contributed by atoms with Gasteiger partial charge in [-0.25, -0.2) is 0 Å². The zero-order chi connectivity index (χ0) is 13.4.